The van der Waals surface area contributed by atoms with Crippen LogP contribution in [0.25, 0.3) is 0 Å². The smallest absolute Gasteiger partial charge is 0.218 e. The zero-order valence-corrected chi connectivity index (χ0v) is 6.70. The van der Waals surface area contributed by atoms with Crippen molar-refractivity contribution in [3.8, 4) is 12.8 Å². The van der Waals surface area contributed by atoms with Crippen LogP contribution in [0.5, 0.6) is 0 Å². The van der Waals surface area contributed by atoms with Crippen LogP contribution in [0, 0.1) is 12.8 Å². The van der Waals surface area contributed by atoms with E-state index in [9.17, 15) is 4.79 Å². The highest BCUT2D eigenvalue weighted by molar-refractivity contribution is 5.72. The minimum Gasteiger partial charge on any atom is -0.380 e. The van der Waals surface area contributed by atoms with Crippen molar-refractivity contribution < 1.29 is 14.6 Å². The van der Waals surface area contributed by atoms with Gasteiger partial charge in [-0.1, -0.05) is 0 Å². The zero-order valence-electron chi connectivity index (χ0n) is 6.70. The standard InChI is InChI=1S/C5H11NO3.C2H2/c1-4(7)6-5(8)3-9-2;1-2/h5,8H,3H2,1-2H3,(H,6,7);1-2H. The van der Waals surface area contributed by atoms with Crippen LogP contribution in [-0.2, 0) is 9.53 Å². The van der Waals surface area contributed by atoms with Gasteiger partial charge in [-0.15, -0.1) is 12.8 Å². The third-order valence-electron chi connectivity index (χ3n) is 0.694. The predicted molar refractivity (Wildman–Crippen MR) is 41.6 cm³/mol. The van der Waals surface area contributed by atoms with Crippen molar-refractivity contribution in [3.63, 3.8) is 0 Å². The molecule has 11 heavy (non-hydrogen) atoms. The number of carbonyl (C=O) groups excluding carboxylic acids is 1. The maximum atomic E-state index is 10.2. The van der Waals surface area contributed by atoms with Gasteiger partial charge in [0, 0.05) is 14.0 Å². The number of ether oxygens (including phenoxy) is 1. The van der Waals surface area contributed by atoms with Gasteiger partial charge in [-0.2, -0.15) is 0 Å². The van der Waals surface area contributed by atoms with E-state index in [1.54, 1.807) is 0 Å². The van der Waals surface area contributed by atoms with Crippen molar-refractivity contribution in [2.45, 2.75) is 13.2 Å². The van der Waals surface area contributed by atoms with Crippen molar-refractivity contribution in [1.29, 1.82) is 0 Å². The van der Waals surface area contributed by atoms with Gasteiger partial charge in [-0.05, 0) is 0 Å². The number of terminal acetylenes is 1. The summed E-state index contributed by atoms with van der Waals surface area (Å²) in [4.78, 5) is 10.2. The monoisotopic (exact) mass is 159 g/mol. The summed E-state index contributed by atoms with van der Waals surface area (Å²) >= 11 is 0. The first-order valence-corrected chi connectivity index (χ1v) is 2.94. The van der Waals surface area contributed by atoms with Gasteiger partial charge in [0.05, 0.1) is 6.61 Å². The minimum atomic E-state index is -0.882. The highest BCUT2D eigenvalue weighted by Crippen LogP contribution is 1.76. The molecule has 1 unspecified atom stereocenters. The molecule has 0 rings (SSSR count). The lowest BCUT2D eigenvalue weighted by Crippen LogP contribution is -2.36. The number of methoxy groups -OCH3 is 1. The van der Waals surface area contributed by atoms with Crippen molar-refractivity contribution in [3.05, 3.63) is 0 Å². The summed E-state index contributed by atoms with van der Waals surface area (Å²) in [7, 11) is 1.45. The predicted octanol–water partition coefficient (Wildman–Crippen LogP) is -0.663. The number of amides is 1. The Morgan fingerprint density at radius 1 is 1.73 bits per heavy atom. The Morgan fingerprint density at radius 2 is 2.18 bits per heavy atom. The fraction of sp³-hybridized carbons (Fsp3) is 0.571. The summed E-state index contributed by atoms with van der Waals surface area (Å²) in [6.07, 6.45) is 7.12. The van der Waals surface area contributed by atoms with E-state index in [4.69, 9.17) is 5.11 Å². The molecule has 4 heteroatoms. The normalized spacial score (nSPS) is 10.6. The van der Waals surface area contributed by atoms with E-state index in [1.165, 1.54) is 14.0 Å². The van der Waals surface area contributed by atoms with Gasteiger partial charge in [-0.25, -0.2) is 0 Å². The van der Waals surface area contributed by atoms with Crippen LogP contribution in [0.15, 0.2) is 0 Å². The van der Waals surface area contributed by atoms with Crippen LogP contribution < -0.4 is 5.32 Å². The lowest BCUT2D eigenvalue weighted by molar-refractivity contribution is -0.122. The quantitative estimate of drug-likeness (QED) is 0.424. The number of rotatable bonds is 3. The van der Waals surface area contributed by atoms with E-state index in [0.717, 1.165) is 0 Å². The SMILES string of the molecule is C#C.COCC(O)NC(C)=O. The number of hydrogen-bond acceptors (Lipinski definition) is 3. The van der Waals surface area contributed by atoms with E-state index in [-0.39, 0.29) is 12.5 Å². The van der Waals surface area contributed by atoms with Crippen molar-refractivity contribution in [2.75, 3.05) is 13.7 Å². The zero-order chi connectivity index (χ0) is 9.28. The first-order valence-electron chi connectivity index (χ1n) is 2.94. The highest BCUT2D eigenvalue weighted by Gasteiger charge is 2.01. The molecule has 0 aliphatic heterocycles. The van der Waals surface area contributed by atoms with Gasteiger partial charge in [0.1, 0.15) is 6.23 Å². The third-order valence-corrected chi connectivity index (χ3v) is 0.694. The fourth-order valence-electron chi connectivity index (χ4n) is 0.434. The highest BCUT2D eigenvalue weighted by atomic mass is 16.5. The van der Waals surface area contributed by atoms with E-state index < -0.39 is 6.23 Å². The van der Waals surface area contributed by atoms with Crippen LogP contribution in [-0.4, -0.2) is 31.0 Å². The molecule has 0 aromatic carbocycles. The van der Waals surface area contributed by atoms with Crippen molar-refractivity contribution >= 4 is 5.91 Å². The van der Waals surface area contributed by atoms with Crippen molar-refractivity contribution in [2.24, 2.45) is 0 Å². The molecule has 0 aromatic heterocycles. The molecule has 4 nitrogen and oxygen atoms in total. The minimum absolute atomic E-state index is 0.125. The Balaban J connectivity index is 0. The average Bonchev–Trinajstić information content (AvgIpc) is 1.91. The Morgan fingerprint density at radius 3 is 2.45 bits per heavy atom. The van der Waals surface area contributed by atoms with Gasteiger partial charge in [0.2, 0.25) is 5.91 Å². The molecule has 2 N–H and O–H groups in total. The van der Waals surface area contributed by atoms with Crippen LogP contribution in [0.2, 0.25) is 0 Å². The van der Waals surface area contributed by atoms with Gasteiger partial charge < -0.3 is 15.2 Å². The average molecular weight is 159 g/mol. The molecule has 0 bridgehead atoms. The van der Waals surface area contributed by atoms with Gasteiger partial charge in [-0.3, -0.25) is 4.79 Å². The molecule has 0 fully saturated rings. The molecule has 0 saturated carbocycles. The molecule has 1 amide bonds. The summed E-state index contributed by atoms with van der Waals surface area (Å²) in [6, 6.07) is 0. The number of carbonyl (C=O) groups is 1. The maximum Gasteiger partial charge on any atom is 0.218 e. The van der Waals surface area contributed by atoms with Crippen LogP contribution in [0.1, 0.15) is 6.92 Å². The van der Waals surface area contributed by atoms with Gasteiger partial charge >= 0.3 is 0 Å². The molecule has 0 aliphatic rings. The molecule has 0 heterocycles. The molecular weight excluding hydrogens is 146 g/mol. The number of nitrogens with one attached hydrogen (secondary N) is 1. The van der Waals surface area contributed by atoms with Gasteiger partial charge in [0.25, 0.3) is 0 Å². The lowest BCUT2D eigenvalue weighted by atomic mass is 10.5. The summed E-state index contributed by atoms with van der Waals surface area (Å²) in [5, 5.41) is 11.0. The Labute approximate surface area is 66.6 Å². The lowest BCUT2D eigenvalue weighted by Gasteiger charge is -2.08. The van der Waals surface area contributed by atoms with Crippen LogP contribution in [0.3, 0.4) is 0 Å². The number of aliphatic hydroxyl groups is 1. The second-order valence-electron chi connectivity index (χ2n) is 1.67. The molecular formula is C7H13NO3. The summed E-state index contributed by atoms with van der Waals surface area (Å²) in [5.41, 5.74) is 0. The van der Waals surface area contributed by atoms with E-state index in [0.29, 0.717) is 0 Å². The molecule has 0 aliphatic carbocycles. The van der Waals surface area contributed by atoms with Gasteiger partial charge in [0.15, 0.2) is 0 Å². The second-order valence-corrected chi connectivity index (χ2v) is 1.67. The Kier molecular flexibility index (Phi) is 10.3. The van der Waals surface area contributed by atoms with E-state index in [1.807, 2.05) is 0 Å². The topological polar surface area (TPSA) is 58.6 Å². The number of hydrogen-bond donors (Lipinski definition) is 2. The fourth-order valence-corrected chi connectivity index (χ4v) is 0.434. The molecule has 0 saturated heterocycles. The molecule has 1 atom stereocenters. The summed E-state index contributed by atoms with van der Waals surface area (Å²) in [6.45, 7) is 1.46. The summed E-state index contributed by atoms with van der Waals surface area (Å²) in [5.74, 6) is -0.264. The first kappa shape index (κ1) is 12.6. The van der Waals surface area contributed by atoms with E-state index in [2.05, 4.69) is 22.9 Å². The third kappa shape index (κ3) is 12.2. The number of aliphatic hydroxyl groups excluding tert-OH is 1. The molecule has 0 radical (unpaired) electrons. The molecule has 0 aromatic rings. The molecule has 64 valence electrons. The Hall–Kier alpha value is -1.05. The Bertz CT molecular complexity index is 122. The first-order chi connectivity index (χ1) is 5.16. The van der Waals surface area contributed by atoms with Crippen LogP contribution in [0.4, 0.5) is 0 Å². The largest absolute Gasteiger partial charge is 0.380 e. The summed E-state index contributed by atoms with van der Waals surface area (Å²) < 4.78 is 4.54. The van der Waals surface area contributed by atoms with E-state index >= 15 is 0 Å². The maximum absolute atomic E-state index is 10.2. The van der Waals surface area contributed by atoms with Crippen molar-refractivity contribution in [1.82, 2.24) is 5.32 Å². The molecule has 0 spiro atoms. The van der Waals surface area contributed by atoms with Crippen LogP contribution >= 0.6 is 0 Å². The second kappa shape index (κ2) is 8.95.